The zero-order chi connectivity index (χ0) is 13.8. The molecule has 19 heavy (non-hydrogen) atoms. The highest BCUT2D eigenvalue weighted by Gasteiger charge is 2.08. The number of nitrogens with one attached hydrogen (secondary N) is 1. The first kappa shape index (κ1) is 13.5. The number of nitrogens with zero attached hydrogens (tertiary/aromatic N) is 2. The Kier molecular flexibility index (Phi) is 4.16. The highest BCUT2D eigenvalue weighted by atomic mass is 19.2. The Balaban J connectivity index is 2.37. The lowest BCUT2D eigenvalue weighted by molar-refractivity contribution is 0.509. The molecule has 0 fully saturated rings. The summed E-state index contributed by atoms with van der Waals surface area (Å²) in [6.45, 7) is 2.62. The largest absolute Gasteiger partial charge is 0.319 e. The highest BCUT2D eigenvalue weighted by molar-refractivity contribution is 5.59. The van der Waals surface area contributed by atoms with Gasteiger partial charge in [0.05, 0.1) is 5.69 Å². The van der Waals surface area contributed by atoms with E-state index in [-0.39, 0.29) is 0 Å². The van der Waals surface area contributed by atoms with E-state index in [0.717, 1.165) is 24.4 Å². The molecule has 2 aromatic rings. The summed E-state index contributed by atoms with van der Waals surface area (Å²) >= 11 is 0. The van der Waals surface area contributed by atoms with Crippen molar-refractivity contribution in [2.75, 3.05) is 13.6 Å². The van der Waals surface area contributed by atoms with E-state index in [9.17, 15) is 8.78 Å². The topological polar surface area (TPSA) is 37.8 Å². The van der Waals surface area contributed by atoms with Gasteiger partial charge in [-0.05, 0) is 38.2 Å². The molecule has 0 aliphatic heterocycles. The first-order valence-corrected chi connectivity index (χ1v) is 6.04. The van der Waals surface area contributed by atoms with Gasteiger partial charge in [0, 0.05) is 24.2 Å². The van der Waals surface area contributed by atoms with Gasteiger partial charge in [-0.3, -0.25) is 0 Å². The van der Waals surface area contributed by atoms with Crippen molar-refractivity contribution in [3.05, 3.63) is 47.4 Å². The van der Waals surface area contributed by atoms with Crippen molar-refractivity contribution < 1.29 is 8.78 Å². The summed E-state index contributed by atoms with van der Waals surface area (Å²) in [5.41, 5.74) is 1.97. The fourth-order valence-electron chi connectivity index (χ4n) is 1.78. The summed E-state index contributed by atoms with van der Waals surface area (Å²) in [6.07, 6.45) is 0.689. The van der Waals surface area contributed by atoms with Gasteiger partial charge in [0.25, 0.3) is 0 Å². The lowest BCUT2D eigenvalue weighted by atomic mass is 10.1. The van der Waals surface area contributed by atoms with Crippen LogP contribution >= 0.6 is 0 Å². The van der Waals surface area contributed by atoms with Crippen LogP contribution in [-0.2, 0) is 6.42 Å². The lowest BCUT2D eigenvalue weighted by Crippen LogP contribution is -2.13. The van der Waals surface area contributed by atoms with Crippen LogP contribution in [0.5, 0.6) is 0 Å². The van der Waals surface area contributed by atoms with E-state index >= 15 is 0 Å². The van der Waals surface area contributed by atoms with Crippen molar-refractivity contribution in [1.29, 1.82) is 0 Å². The zero-order valence-corrected chi connectivity index (χ0v) is 10.9. The molecule has 0 aliphatic carbocycles. The molecule has 100 valence electrons. The molecule has 0 saturated heterocycles. The van der Waals surface area contributed by atoms with Gasteiger partial charge >= 0.3 is 0 Å². The van der Waals surface area contributed by atoms with Crippen LogP contribution in [0.3, 0.4) is 0 Å². The van der Waals surface area contributed by atoms with Gasteiger partial charge in [-0.25, -0.2) is 18.7 Å². The second-order valence-electron chi connectivity index (χ2n) is 4.29. The molecule has 0 unspecified atom stereocenters. The average Bonchev–Trinajstić information content (AvgIpc) is 2.39. The van der Waals surface area contributed by atoms with E-state index in [0.29, 0.717) is 23.5 Å². The monoisotopic (exact) mass is 263 g/mol. The number of hydrogen-bond donors (Lipinski definition) is 1. The fourth-order valence-corrected chi connectivity index (χ4v) is 1.78. The number of hydrogen-bond acceptors (Lipinski definition) is 3. The van der Waals surface area contributed by atoms with Crippen molar-refractivity contribution in [3.63, 3.8) is 0 Å². The van der Waals surface area contributed by atoms with Crippen LogP contribution in [0.1, 0.15) is 11.5 Å². The second kappa shape index (κ2) is 5.84. The van der Waals surface area contributed by atoms with Crippen LogP contribution < -0.4 is 5.32 Å². The third-order valence-corrected chi connectivity index (χ3v) is 2.71. The predicted octanol–water partition coefficient (Wildman–Crippen LogP) is 2.49. The summed E-state index contributed by atoms with van der Waals surface area (Å²) < 4.78 is 26.2. The predicted molar refractivity (Wildman–Crippen MR) is 69.8 cm³/mol. The maximum absolute atomic E-state index is 13.2. The van der Waals surface area contributed by atoms with Crippen LogP contribution in [0.25, 0.3) is 11.3 Å². The van der Waals surface area contributed by atoms with Gasteiger partial charge in [-0.15, -0.1) is 0 Å². The average molecular weight is 263 g/mol. The van der Waals surface area contributed by atoms with Gasteiger partial charge in [0.2, 0.25) is 0 Å². The molecule has 0 atom stereocenters. The molecule has 5 heteroatoms. The van der Waals surface area contributed by atoms with Crippen LogP contribution in [0.4, 0.5) is 8.78 Å². The Morgan fingerprint density at radius 2 is 1.89 bits per heavy atom. The molecule has 0 amide bonds. The molecule has 0 saturated carbocycles. The summed E-state index contributed by atoms with van der Waals surface area (Å²) in [6, 6.07) is 5.53. The first-order chi connectivity index (χ1) is 9.10. The second-order valence-corrected chi connectivity index (χ2v) is 4.29. The minimum absolute atomic E-state index is 0.551. The van der Waals surface area contributed by atoms with E-state index < -0.39 is 11.6 Å². The van der Waals surface area contributed by atoms with Crippen LogP contribution in [-0.4, -0.2) is 23.6 Å². The molecule has 0 bridgehead atoms. The number of aryl methyl sites for hydroxylation is 1. The molecule has 1 heterocycles. The van der Waals surface area contributed by atoms with Crippen molar-refractivity contribution in [1.82, 2.24) is 15.3 Å². The van der Waals surface area contributed by atoms with Gasteiger partial charge < -0.3 is 5.32 Å². The first-order valence-electron chi connectivity index (χ1n) is 6.04. The summed E-state index contributed by atoms with van der Waals surface area (Å²) in [4.78, 5) is 8.69. The van der Waals surface area contributed by atoms with Crippen molar-refractivity contribution >= 4 is 0 Å². The Morgan fingerprint density at radius 3 is 2.58 bits per heavy atom. The number of rotatable bonds is 4. The quantitative estimate of drug-likeness (QED) is 0.921. The maximum Gasteiger partial charge on any atom is 0.159 e. The summed E-state index contributed by atoms with van der Waals surface area (Å²) in [7, 11) is 1.85. The minimum Gasteiger partial charge on any atom is -0.319 e. The molecule has 3 nitrogen and oxygen atoms in total. The molecular formula is C14H15F2N3. The fraction of sp³-hybridized carbons (Fsp3) is 0.286. The maximum atomic E-state index is 13.2. The molecule has 0 spiro atoms. The van der Waals surface area contributed by atoms with Crippen LogP contribution in [0, 0.1) is 18.6 Å². The zero-order valence-electron chi connectivity index (χ0n) is 10.9. The molecule has 2 rings (SSSR count). The molecule has 1 N–H and O–H groups in total. The van der Waals surface area contributed by atoms with Gasteiger partial charge in [0.15, 0.2) is 11.6 Å². The Bertz CT molecular complexity index is 585. The van der Waals surface area contributed by atoms with Gasteiger partial charge in [-0.2, -0.15) is 0 Å². The van der Waals surface area contributed by atoms with E-state index in [1.165, 1.54) is 6.07 Å². The van der Waals surface area contributed by atoms with Crippen LogP contribution in [0.15, 0.2) is 24.3 Å². The van der Waals surface area contributed by atoms with Gasteiger partial charge in [-0.1, -0.05) is 0 Å². The number of benzene rings is 1. The van der Waals surface area contributed by atoms with E-state index in [1.807, 2.05) is 14.0 Å². The molecule has 1 aromatic carbocycles. The smallest absolute Gasteiger partial charge is 0.159 e. The van der Waals surface area contributed by atoms with Crippen molar-refractivity contribution in [2.24, 2.45) is 0 Å². The Morgan fingerprint density at radius 1 is 1.11 bits per heavy atom. The molecule has 0 radical (unpaired) electrons. The van der Waals surface area contributed by atoms with E-state index in [1.54, 1.807) is 6.07 Å². The van der Waals surface area contributed by atoms with E-state index in [4.69, 9.17) is 0 Å². The van der Waals surface area contributed by atoms with E-state index in [2.05, 4.69) is 15.3 Å². The highest BCUT2D eigenvalue weighted by Crippen LogP contribution is 2.20. The molecule has 0 aliphatic rings. The summed E-state index contributed by atoms with van der Waals surface area (Å²) in [5, 5.41) is 3.02. The Hall–Kier alpha value is -1.88. The summed E-state index contributed by atoms with van der Waals surface area (Å²) in [5.74, 6) is -1.04. The normalized spacial score (nSPS) is 10.7. The third-order valence-electron chi connectivity index (χ3n) is 2.71. The number of aromatic nitrogens is 2. The van der Waals surface area contributed by atoms with Crippen molar-refractivity contribution in [3.8, 4) is 11.3 Å². The SMILES string of the molecule is CNCCc1nc(C)cc(-c2ccc(F)c(F)c2)n1. The standard InChI is InChI=1S/C14H15F2N3/c1-9-7-13(19-14(18-9)5-6-17-2)10-3-4-11(15)12(16)8-10/h3-4,7-8,17H,5-6H2,1-2H3. The third kappa shape index (κ3) is 3.32. The number of likely N-dealkylation sites (N-methyl/N-ethyl adjacent to an activating group) is 1. The molecule has 1 aromatic heterocycles. The molecular weight excluding hydrogens is 248 g/mol. The Labute approximate surface area is 110 Å². The van der Waals surface area contributed by atoms with Crippen LogP contribution in [0.2, 0.25) is 0 Å². The minimum atomic E-state index is -0.870. The lowest BCUT2D eigenvalue weighted by Gasteiger charge is -2.06. The van der Waals surface area contributed by atoms with Crippen molar-refractivity contribution in [2.45, 2.75) is 13.3 Å². The van der Waals surface area contributed by atoms with Gasteiger partial charge in [0.1, 0.15) is 5.82 Å². The number of halogens is 2.